The number of rotatable bonds is 4. The summed E-state index contributed by atoms with van der Waals surface area (Å²) in [6.45, 7) is 2.03. The molecule has 0 aliphatic carbocycles. The van der Waals surface area contributed by atoms with Gasteiger partial charge in [-0.3, -0.25) is 14.6 Å². The molecule has 0 spiro atoms. The molecule has 1 aliphatic rings. The van der Waals surface area contributed by atoms with Gasteiger partial charge in [-0.15, -0.1) is 0 Å². The molecule has 166 valence electrons. The highest BCUT2D eigenvalue weighted by Crippen LogP contribution is 2.53. The molecule has 2 heterocycles. The fraction of sp³-hybridized carbons (Fsp3) is 0.350. The first-order valence-corrected chi connectivity index (χ1v) is 9.11. The number of benzene rings is 1. The number of nitrogens with zero attached hydrogens (tertiary/aromatic N) is 1. The lowest BCUT2D eigenvalue weighted by molar-refractivity contribution is -0.272. The predicted molar refractivity (Wildman–Crippen MR) is 99.0 cm³/mol. The third kappa shape index (κ3) is 4.09. The van der Waals surface area contributed by atoms with E-state index in [9.17, 15) is 31.5 Å². The Labute approximate surface area is 173 Å². The lowest BCUT2D eigenvalue weighted by Crippen LogP contribution is -2.47. The number of pyridine rings is 1. The van der Waals surface area contributed by atoms with Crippen LogP contribution in [-0.4, -0.2) is 34.7 Å². The van der Waals surface area contributed by atoms with Gasteiger partial charge in [0.25, 0.3) is 11.8 Å². The average molecular weight is 443 g/mol. The number of nitrogens with one attached hydrogen (secondary N) is 1. The van der Waals surface area contributed by atoms with Crippen LogP contribution < -0.4 is 11.1 Å². The van der Waals surface area contributed by atoms with Gasteiger partial charge in [0, 0.05) is 23.7 Å². The van der Waals surface area contributed by atoms with Crippen molar-refractivity contribution < 1.29 is 36.3 Å². The van der Waals surface area contributed by atoms with E-state index in [1.165, 1.54) is 19.2 Å². The minimum absolute atomic E-state index is 0.0212. The molecule has 1 fully saturated rings. The summed E-state index contributed by atoms with van der Waals surface area (Å²) < 4.78 is 73.7. The van der Waals surface area contributed by atoms with Crippen LogP contribution in [0.2, 0.25) is 0 Å². The standard InChI is InChI=1S/C20H18F5N3O3/c1-9-15(10-3-4-12(21)13(22)7-10)16(31-19(9,2)20(23,24)25)18(30)28-11-5-6-27-14(8-11)17(26)29/h3-9,15-16H,1-2H3,(H2,26,29)(H,27,28,30)/t9-,15-,16+,19?/m0/s1. The molecular weight excluding hydrogens is 425 g/mol. The van der Waals surface area contributed by atoms with Gasteiger partial charge in [-0.2, -0.15) is 13.2 Å². The van der Waals surface area contributed by atoms with Gasteiger partial charge < -0.3 is 15.8 Å². The quantitative estimate of drug-likeness (QED) is 0.707. The Kier molecular flexibility index (Phi) is 5.74. The molecule has 31 heavy (non-hydrogen) atoms. The number of amides is 2. The molecule has 1 saturated heterocycles. The summed E-state index contributed by atoms with van der Waals surface area (Å²) in [4.78, 5) is 27.9. The number of alkyl halides is 3. The van der Waals surface area contributed by atoms with Crippen molar-refractivity contribution in [1.82, 2.24) is 4.98 Å². The number of hydrogen-bond donors (Lipinski definition) is 2. The number of halogens is 5. The largest absolute Gasteiger partial charge is 0.417 e. The molecule has 0 saturated carbocycles. The molecular formula is C20H18F5N3O3. The molecule has 1 aliphatic heterocycles. The minimum atomic E-state index is -4.84. The fourth-order valence-electron chi connectivity index (χ4n) is 3.63. The van der Waals surface area contributed by atoms with Gasteiger partial charge in [-0.1, -0.05) is 13.0 Å². The first-order valence-electron chi connectivity index (χ1n) is 9.11. The molecule has 0 radical (unpaired) electrons. The molecule has 3 N–H and O–H groups in total. The van der Waals surface area contributed by atoms with Crippen LogP contribution in [0.4, 0.5) is 27.6 Å². The summed E-state index contributed by atoms with van der Waals surface area (Å²) in [5.41, 5.74) is 2.27. The topological polar surface area (TPSA) is 94.3 Å². The average Bonchev–Trinajstić information content (AvgIpc) is 2.96. The van der Waals surface area contributed by atoms with E-state index in [1.54, 1.807) is 0 Å². The predicted octanol–water partition coefficient (Wildman–Crippen LogP) is 3.54. The van der Waals surface area contributed by atoms with Crippen LogP contribution >= 0.6 is 0 Å². The Hall–Kier alpha value is -3.08. The molecule has 11 heteroatoms. The molecule has 0 bridgehead atoms. The van der Waals surface area contributed by atoms with Crippen LogP contribution in [0.1, 0.15) is 35.8 Å². The van der Waals surface area contributed by atoms with Crippen molar-refractivity contribution in [2.45, 2.75) is 37.6 Å². The molecule has 2 amide bonds. The van der Waals surface area contributed by atoms with E-state index in [-0.39, 0.29) is 16.9 Å². The maximum atomic E-state index is 13.8. The first-order chi connectivity index (χ1) is 14.3. The number of carbonyl (C=O) groups excluding carboxylic acids is 2. The highest BCUT2D eigenvalue weighted by molar-refractivity contribution is 5.97. The van der Waals surface area contributed by atoms with Gasteiger partial charge in [0.05, 0.1) is 0 Å². The Bertz CT molecular complexity index is 1030. The van der Waals surface area contributed by atoms with E-state index in [4.69, 9.17) is 10.5 Å². The van der Waals surface area contributed by atoms with Gasteiger partial charge >= 0.3 is 6.18 Å². The minimum Gasteiger partial charge on any atom is -0.364 e. The molecule has 3 rings (SSSR count). The van der Waals surface area contributed by atoms with E-state index in [0.717, 1.165) is 31.2 Å². The van der Waals surface area contributed by atoms with Crippen LogP contribution in [0.3, 0.4) is 0 Å². The highest BCUT2D eigenvalue weighted by atomic mass is 19.4. The molecule has 1 unspecified atom stereocenters. The maximum Gasteiger partial charge on any atom is 0.417 e. The number of anilines is 1. The van der Waals surface area contributed by atoms with Gasteiger partial charge in [0.2, 0.25) is 0 Å². The molecule has 6 nitrogen and oxygen atoms in total. The van der Waals surface area contributed by atoms with Crippen LogP contribution in [0.5, 0.6) is 0 Å². The van der Waals surface area contributed by atoms with E-state index in [1.807, 2.05) is 0 Å². The second-order valence-electron chi connectivity index (χ2n) is 7.41. The van der Waals surface area contributed by atoms with Crippen LogP contribution in [0.25, 0.3) is 0 Å². The monoisotopic (exact) mass is 443 g/mol. The third-order valence-corrected chi connectivity index (χ3v) is 5.54. The Morgan fingerprint density at radius 2 is 1.84 bits per heavy atom. The Morgan fingerprint density at radius 1 is 1.16 bits per heavy atom. The zero-order valence-electron chi connectivity index (χ0n) is 16.3. The van der Waals surface area contributed by atoms with Crippen molar-refractivity contribution >= 4 is 17.5 Å². The van der Waals surface area contributed by atoms with Gasteiger partial charge in [0.1, 0.15) is 11.8 Å². The normalized spacial score (nSPS) is 26.0. The number of hydrogen-bond acceptors (Lipinski definition) is 4. The van der Waals surface area contributed by atoms with Crippen LogP contribution in [0, 0.1) is 17.6 Å². The molecule has 1 aromatic carbocycles. The van der Waals surface area contributed by atoms with E-state index in [2.05, 4.69) is 10.3 Å². The van der Waals surface area contributed by atoms with E-state index >= 15 is 0 Å². The van der Waals surface area contributed by atoms with Crippen molar-refractivity contribution in [3.63, 3.8) is 0 Å². The van der Waals surface area contributed by atoms with Crippen molar-refractivity contribution in [3.05, 3.63) is 59.4 Å². The number of carbonyl (C=O) groups is 2. The number of primary amides is 1. The molecule has 1 aromatic heterocycles. The smallest absolute Gasteiger partial charge is 0.364 e. The summed E-state index contributed by atoms with van der Waals surface area (Å²) in [5.74, 6) is -6.82. The number of nitrogens with two attached hydrogens (primary N) is 1. The van der Waals surface area contributed by atoms with Crippen molar-refractivity contribution in [1.29, 1.82) is 0 Å². The van der Waals surface area contributed by atoms with Crippen molar-refractivity contribution in [2.24, 2.45) is 11.7 Å². The van der Waals surface area contributed by atoms with Crippen molar-refractivity contribution in [3.8, 4) is 0 Å². The summed E-state index contributed by atoms with van der Waals surface area (Å²) in [6.07, 6.45) is -5.34. The van der Waals surface area contributed by atoms with Crippen LogP contribution in [-0.2, 0) is 9.53 Å². The van der Waals surface area contributed by atoms with E-state index < -0.39 is 53.2 Å². The fourth-order valence-corrected chi connectivity index (χ4v) is 3.63. The summed E-state index contributed by atoms with van der Waals surface area (Å²) in [6, 6.07) is 5.09. The summed E-state index contributed by atoms with van der Waals surface area (Å²) in [7, 11) is 0. The van der Waals surface area contributed by atoms with Crippen molar-refractivity contribution in [2.75, 3.05) is 5.32 Å². The maximum absolute atomic E-state index is 13.8. The zero-order chi connectivity index (χ0) is 23.1. The van der Waals surface area contributed by atoms with Crippen LogP contribution in [0.15, 0.2) is 36.5 Å². The number of aromatic nitrogens is 1. The first kappa shape index (κ1) is 22.6. The Balaban J connectivity index is 2.00. The zero-order valence-corrected chi connectivity index (χ0v) is 16.3. The van der Waals surface area contributed by atoms with Gasteiger partial charge in [-0.25, -0.2) is 8.78 Å². The summed E-state index contributed by atoms with van der Waals surface area (Å²) >= 11 is 0. The lowest BCUT2D eigenvalue weighted by atomic mass is 9.77. The molecule has 2 aromatic rings. The second kappa shape index (κ2) is 7.88. The van der Waals surface area contributed by atoms with Gasteiger partial charge in [0.15, 0.2) is 17.2 Å². The summed E-state index contributed by atoms with van der Waals surface area (Å²) in [5, 5.41) is 2.37. The molecule has 4 atom stereocenters. The third-order valence-electron chi connectivity index (χ3n) is 5.54. The second-order valence-corrected chi connectivity index (χ2v) is 7.41. The highest BCUT2D eigenvalue weighted by Gasteiger charge is 2.65. The Morgan fingerprint density at radius 3 is 2.42 bits per heavy atom. The van der Waals surface area contributed by atoms with Gasteiger partial charge in [-0.05, 0) is 36.8 Å². The lowest BCUT2D eigenvalue weighted by Gasteiger charge is -2.31. The van der Waals surface area contributed by atoms with E-state index in [0.29, 0.717) is 0 Å². The SMILES string of the molecule is C[C@H]1[C@@H](c2ccc(F)c(F)c2)[C@H](C(=O)Nc2ccnc(C(N)=O)c2)OC1(C)C(F)(F)F. The number of ether oxygens (including phenoxy) is 1.